The van der Waals surface area contributed by atoms with Crippen LogP contribution in [0.4, 0.5) is 4.39 Å². The van der Waals surface area contributed by atoms with Crippen molar-refractivity contribution in [2.24, 2.45) is 0 Å². The van der Waals surface area contributed by atoms with Gasteiger partial charge in [0, 0.05) is 0 Å². The van der Waals surface area contributed by atoms with Gasteiger partial charge in [0.05, 0.1) is 23.3 Å². The third-order valence-corrected chi connectivity index (χ3v) is 1.98. The average molecular weight is 214 g/mol. The molecule has 72 valence electrons. The topological polar surface area (TPSA) is 50.1 Å². The van der Waals surface area contributed by atoms with Crippen LogP contribution in [0.25, 0.3) is 0 Å². The van der Waals surface area contributed by atoms with Gasteiger partial charge in [-0.2, -0.15) is 5.26 Å². The Bertz CT molecular complexity index is 426. The molecule has 5 heteroatoms. The molecule has 0 heterocycles. The number of halogens is 2. The maximum Gasteiger partial charge on any atom is 0.339 e. The number of benzene rings is 1. The zero-order valence-corrected chi connectivity index (χ0v) is 7.93. The number of nitrogens with zero attached hydrogens (tertiary/aromatic N) is 1. The Morgan fingerprint density at radius 2 is 2.29 bits per heavy atom. The smallest absolute Gasteiger partial charge is 0.339 e. The molecule has 0 aliphatic rings. The van der Waals surface area contributed by atoms with Gasteiger partial charge in [0.15, 0.2) is 5.82 Å². The van der Waals surface area contributed by atoms with Crippen LogP contribution in [0, 0.1) is 17.1 Å². The van der Waals surface area contributed by atoms with Crippen LogP contribution in [0.15, 0.2) is 12.1 Å². The number of rotatable bonds is 1. The van der Waals surface area contributed by atoms with Crippen molar-refractivity contribution in [3.8, 4) is 6.07 Å². The van der Waals surface area contributed by atoms with Gasteiger partial charge in [-0.15, -0.1) is 0 Å². The molecule has 0 bridgehead atoms. The summed E-state index contributed by atoms with van der Waals surface area (Å²) in [6.45, 7) is 0. The van der Waals surface area contributed by atoms with Gasteiger partial charge < -0.3 is 4.74 Å². The van der Waals surface area contributed by atoms with Crippen LogP contribution in [0.5, 0.6) is 0 Å². The van der Waals surface area contributed by atoms with Crippen molar-refractivity contribution >= 4 is 17.6 Å². The van der Waals surface area contributed by atoms with E-state index in [0.717, 1.165) is 7.11 Å². The highest BCUT2D eigenvalue weighted by Crippen LogP contribution is 2.23. The number of carbonyl (C=O) groups is 1. The lowest BCUT2D eigenvalue weighted by molar-refractivity contribution is 0.0600. The number of esters is 1. The molecule has 0 spiro atoms. The minimum Gasteiger partial charge on any atom is -0.465 e. The molecule has 0 atom stereocenters. The largest absolute Gasteiger partial charge is 0.465 e. The van der Waals surface area contributed by atoms with Crippen LogP contribution in [0.1, 0.15) is 15.9 Å². The zero-order chi connectivity index (χ0) is 10.7. The minimum absolute atomic E-state index is 0.0920. The van der Waals surface area contributed by atoms with E-state index in [9.17, 15) is 9.18 Å². The highest BCUT2D eigenvalue weighted by molar-refractivity contribution is 6.33. The summed E-state index contributed by atoms with van der Waals surface area (Å²) in [5.41, 5.74) is -0.298. The van der Waals surface area contributed by atoms with Crippen molar-refractivity contribution < 1.29 is 13.9 Å². The monoisotopic (exact) mass is 213 g/mol. The van der Waals surface area contributed by atoms with Crippen LogP contribution in [0.2, 0.25) is 5.02 Å². The Balaban J connectivity index is 3.33. The second-order valence-electron chi connectivity index (χ2n) is 2.39. The van der Waals surface area contributed by atoms with Gasteiger partial charge in [-0.1, -0.05) is 11.6 Å². The Morgan fingerprint density at radius 1 is 1.64 bits per heavy atom. The zero-order valence-electron chi connectivity index (χ0n) is 7.17. The van der Waals surface area contributed by atoms with Gasteiger partial charge in [-0.05, 0) is 12.1 Å². The van der Waals surface area contributed by atoms with E-state index in [4.69, 9.17) is 16.9 Å². The Morgan fingerprint density at radius 3 is 2.79 bits per heavy atom. The predicted molar refractivity (Wildman–Crippen MR) is 47.5 cm³/mol. The lowest BCUT2D eigenvalue weighted by Crippen LogP contribution is -2.04. The number of hydrogen-bond donors (Lipinski definition) is 0. The summed E-state index contributed by atoms with van der Waals surface area (Å²) in [6.07, 6.45) is 0. The number of methoxy groups -OCH3 is 1. The first-order valence-electron chi connectivity index (χ1n) is 3.58. The Hall–Kier alpha value is -1.60. The van der Waals surface area contributed by atoms with E-state index in [0.29, 0.717) is 0 Å². The molecule has 0 saturated heterocycles. The molecule has 0 saturated carbocycles. The van der Waals surface area contributed by atoms with Crippen LogP contribution in [0.3, 0.4) is 0 Å². The molecule has 0 aliphatic carbocycles. The number of hydrogen-bond acceptors (Lipinski definition) is 3. The number of carbonyl (C=O) groups excluding carboxylic acids is 1. The summed E-state index contributed by atoms with van der Waals surface area (Å²) in [5, 5.41) is 8.07. The van der Waals surface area contributed by atoms with Crippen LogP contribution in [-0.2, 0) is 4.74 Å². The number of ether oxygens (including phenoxy) is 1. The third kappa shape index (κ3) is 1.68. The second kappa shape index (κ2) is 4.07. The molecule has 0 aliphatic heterocycles. The maximum absolute atomic E-state index is 13.2. The molecule has 3 nitrogen and oxygen atoms in total. The van der Waals surface area contributed by atoms with Crippen LogP contribution >= 0.6 is 11.6 Å². The highest BCUT2D eigenvalue weighted by atomic mass is 35.5. The van der Waals surface area contributed by atoms with E-state index < -0.39 is 16.8 Å². The molecule has 0 aromatic heterocycles. The first kappa shape index (κ1) is 10.5. The van der Waals surface area contributed by atoms with Gasteiger partial charge >= 0.3 is 5.97 Å². The molecule has 0 N–H and O–H groups in total. The molecule has 1 aromatic rings. The fourth-order valence-electron chi connectivity index (χ4n) is 0.903. The van der Waals surface area contributed by atoms with Gasteiger partial charge in [0.25, 0.3) is 0 Å². The molecule has 0 fully saturated rings. The fraction of sp³-hybridized carbons (Fsp3) is 0.111. The summed E-state index contributed by atoms with van der Waals surface area (Å²) >= 11 is 5.52. The number of nitriles is 1. The summed E-state index contributed by atoms with van der Waals surface area (Å²) in [7, 11) is 1.16. The van der Waals surface area contributed by atoms with Gasteiger partial charge in [0.2, 0.25) is 0 Å². The Kier molecular flexibility index (Phi) is 3.05. The normalized spacial score (nSPS) is 9.29. The first-order chi connectivity index (χ1) is 6.61. The van der Waals surface area contributed by atoms with Crippen LogP contribution < -0.4 is 0 Å². The molecule has 0 radical (unpaired) electrons. The van der Waals surface area contributed by atoms with Gasteiger partial charge in [0.1, 0.15) is 6.07 Å². The van der Waals surface area contributed by atoms with E-state index in [1.165, 1.54) is 12.1 Å². The van der Waals surface area contributed by atoms with E-state index in [-0.39, 0.29) is 11.1 Å². The molecule has 14 heavy (non-hydrogen) atoms. The standard InChI is InChI=1S/C9H5ClFNO2/c1-14-9(13)6-3-2-5(4-12)8(11)7(6)10/h2-3H,1H3. The molecule has 0 amide bonds. The van der Waals surface area contributed by atoms with Crippen molar-refractivity contribution in [1.29, 1.82) is 5.26 Å². The van der Waals surface area contributed by atoms with Gasteiger partial charge in [-0.3, -0.25) is 0 Å². The van der Waals surface area contributed by atoms with Crippen molar-refractivity contribution in [2.75, 3.05) is 7.11 Å². The van der Waals surface area contributed by atoms with E-state index in [1.54, 1.807) is 6.07 Å². The SMILES string of the molecule is COC(=O)c1ccc(C#N)c(F)c1Cl. The van der Waals surface area contributed by atoms with Crippen molar-refractivity contribution in [3.63, 3.8) is 0 Å². The molecular weight excluding hydrogens is 209 g/mol. The van der Waals surface area contributed by atoms with E-state index >= 15 is 0 Å². The maximum atomic E-state index is 13.2. The van der Waals surface area contributed by atoms with Crippen LogP contribution in [-0.4, -0.2) is 13.1 Å². The lowest BCUT2D eigenvalue weighted by atomic mass is 10.1. The molecule has 1 aromatic carbocycles. The van der Waals surface area contributed by atoms with E-state index in [1.807, 2.05) is 0 Å². The fourth-order valence-corrected chi connectivity index (χ4v) is 1.15. The molecule has 1 rings (SSSR count). The summed E-state index contributed by atoms with van der Waals surface area (Å²) in [6, 6.07) is 4.03. The highest BCUT2D eigenvalue weighted by Gasteiger charge is 2.16. The average Bonchev–Trinajstić information content (AvgIpc) is 2.21. The first-order valence-corrected chi connectivity index (χ1v) is 3.96. The minimum atomic E-state index is -0.905. The lowest BCUT2D eigenvalue weighted by Gasteiger charge is -2.03. The van der Waals surface area contributed by atoms with Gasteiger partial charge in [-0.25, -0.2) is 9.18 Å². The third-order valence-electron chi connectivity index (χ3n) is 1.61. The van der Waals surface area contributed by atoms with Crippen molar-refractivity contribution in [3.05, 3.63) is 34.1 Å². The molecular formula is C9H5ClFNO2. The van der Waals surface area contributed by atoms with Crippen molar-refractivity contribution in [2.45, 2.75) is 0 Å². The van der Waals surface area contributed by atoms with E-state index in [2.05, 4.69) is 4.74 Å². The molecule has 0 unspecified atom stereocenters. The second-order valence-corrected chi connectivity index (χ2v) is 2.77. The quantitative estimate of drug-likeness (QED) is 0.672. The summed E-state index contributed by atoms with van der Waals surface area (Å²) < 4.78 is 17.6. The Labute approximate surface area is 84.7 Å². The summed E-state index contributed by atoms with van der Waals surface area (Å²) in [4.78, 5) is 11.0. The summed E-state index contributed by atoms with van der Waals surface area (Å²) in [5.74, 6) is -1.64. The van der Waals surface area contributed by atoms with Crippen molar-refractivity contribution in [1.82, 2.24) is 0 Å². The predicted octanol–water partition coefficient (Wildman–Crippen LogP) is 2.14.